The lowest BCUT2D eigenvalue weighted by Gasteiger charge is -2.22. The molecule has 0 atom stereocenters. The molecule has 6 aromatic carbocycles. The lowest BCUT2D eigenvalue weighted by Crippen LogP contribution is -2.14. The molecule has 1 aliphatic rings. The first kappa shape index (κ1) is 19.5. The monoisotopic (exact) mass is 481 g/mol. The lowest BCUT2D eigenvalue weighted by molar-refractivity contribution is 0.660. The smallest absolute Gasteiger partial charge is 0.0627 e. The van der Waals surface area contributed by atoms with Crippen molar-refractivity contribution in [3.8, 4) is 22.3 Å². The highest BCUT2D eigenvalue weighted by molar-refractivity contribution is 6.38. The maximum atomic E-state index is 2.55. The Kier molecular flexibility index (Phi) is 3.12. The van der Waals surface area contributed by atoms with E-state index in [1.54, 1.807) is 0 Å². The van der Waals surface area contributed by atoms with E-state index in [4.69, 9.17) is 0 Å². The summed E-state index contributed by atoms with van der Waals surface area (Å²) in [5, 5.41) is 10.9. The van der Waals surface area contributed by atoms with Gasteiger partial charge in [-0.15, -0.1) is 0 Å². The van der Waals surface area contributed by atoms with Crippen LogP contribution in [0, 0.1) is 0 Å². The van der Waals surface area contributed by atoms with E-state index < -0.39 is 0 Å². The number of rotatable bonds is 1. The fraction of sp³-hybridized carbons (Fsp3) is 0.0811. The highest BCUT2D eigenvalue weighted by Crippen LogP contribution is 2.52. The van der Waals surface area contributed by atoms with E-state index in [-0.39, 0.29) is 5.41 Å². The van der Waals surface area contributed by atoms with Crippen LogP contribution >= 0.6 is 0 Å². The number of aromatic nitrogens is 1. The molecule has 0 spiro atoms. The Morgan fingerprint density at radius 3 is 2.05 bits per heavy atom. The summed E-state index contributed by atoms with van der Waals surface area (Å²) in [6.07, 6.45) is 0. The summed E-state index contributed by atoms with van der Waals surface area (Å²) in [5.41, 5.74) is 12.3. The summed E-state index contributed by atoms with van der Waals surface area (Å²) >= 11 is 0. The molecule has 1 heteroatoms. The Bertz CT molecular complexity index is 2420. The Balaban J connectivity index is 1.36. The second-order valence-electron chi connectivity index (χ2n) is 11.8. The lowest BCUT2D eigenvalue weighted by atomic mass is 9.81. The third kappa shape index (κ3) is 2.00. The highest BCUT2D eigenvalue weighted by Gasteiger charge is 2.35. The van der Waals surface area contributed by atoms with Gasteiger partial charge in [0.05, 0.1) is 16.6 Å². The number of nitrogens with zero attached hydrogens (tertiary/aromatic N) is 1. The number of hydrogen-bond donors (Lipinski definition) is 0. The van der Waals surface area contributed by atoms with Gasteiger partial charge in [-0.05, 0) is 68.4 Å². The van der Waals surface area contributed by atoms with Gasteiger partial charge in [-0.1, -0.05) is 92.7 Å². The predicted octanol–water partition coefficient (Wildman–Crippen LogP) is 9.99. The van der Waals surface area contributed by atoms with Crippen LogP contribution < -0.4 is 0 Å². The van der Waals surface area contributed by atoms with Crippen molar-refractivity contribution in [1.29, 1.82) is 0 Å². The molecule has 10 rings (SSSR count). The molecule has 3 aromatic heterocycles. The molecular formula is C37H23N. The molecular weight excluding hydrogens is 458 g/mol. The highest BCUT2D eigenvalue weighted by atomic mass is 14.9. The average Bonchev–Trinajstić information content (AvgIpc) is 3.65. The molecule has 0 bridgehead atoms. The van der Waals surface area contributed by atoms with Gasteiger partial charge in [0.15, 0.2) is 0 Å². The molecule has 1 aliphatic carbocycles. The largest absolute Gasteiger partial charge is 0.307 e. The van der Waals surface area contributed by atoms with Gasteiger partial charge < -0.3 is 4.40 Å². The van der Waals surface area contributed by atoms with Crippen molar-refractivity contribution < 1.29 is 0 Å². The first-order chi connectivity index (χ1) is 18.6. The number of benzene rings is 6. The fourth-order valence-electron chi connectivity index (χ4n) is 7.92. The van der Waals surface area contributed by atoms with Gasteiger partial charge in [-0.3, -0.25) is 0 Å². The number of para-hydroxylation sites is 1. The standard InChI is InChI=1S/C37H23N/c1-37(2)31-13-6-5-10-24(31)25-15-14-20(19-32(25)37)22-17-28-26-11-7-12-27-29-16-21-8-3-4-9-23(21)33-30(18-22)35(28)38(34(26)27)36(29)33/h3-19H,1-2H3. The number of hydrogen-bond acceptors (Lipinski definition) is 0. The molecule has 0 fully saturated rings. The summed E-state index contributed by atoms with van der Waals surface area (Å²) in [4.78, 5) is 0. The maximum Gasteiger partial charge on any atom is 0.0627 e. The Hall–Kier alpha value is -4.62. The van der Waals surface area contributed by atoms with E-state index in [1.165, 1.54) is 93.0 Å². The van der Waals surface area contributed by atoms with Crippen LogP contribution in [-0.2, 0) is 5.41 Å². The van der Waals surface area contributed by atoms with Crippen molar-refractivity contribution >= 4 is 59.6 Å². The van der Waals surface area contributed by atoms with E-state index in [0.29, 0.717) is 0 Å². The van der Waals surface area contributed by atoms with Crippen molar-refractivity contribution in [2.24, 2.45) is 0 Å². The van der Waals surface area contributed by atoms with Crippen LogP contribution in [0.15, 0.2) is 103 Å². The second kappa shape index (κ2) is 6.09. The Labute approximate surface area is 219 Å². The summed E-state index contributed by atoms with van der Waals surface area (Å²) in [5.74, 6) is 0. The van der Waals surface area contributed by atoms with Crippen molar-refractivity contribution in [3.05, 3.63) is 114 Å². The minimum absolute atomic E-state index is 0.00558. The van der Waals surface area contributed by atoms with Crippen LogP contribution in [-0.4, -0.2) is 4.40 Å². The zero-order chi connectivity index (χ0) is 24.9. The van der Waals surface area contributed by atoms with Crippen molar-refractivity contribution in [1.82, 2.24) is 4.40 Å². The maximum absolute atomic E-state index is 2.55. The van der Waals surface area contributed by atoms with Crippen LogP contribution in [0.2, 0.25) is 0 Å². The van der Waals surface area contributed by atoms with Crippen molar-refractivity contribution in [2.45, 2.75) is 19.3 Å². The zero-order valence-electron chi connectivity index (χ0n) is 21.3. The molecule has 0 aliphatic heterocycles. The van der Waals surface area contributed by atoms with Crippen LogP contribution in [0.25, 0.3) is 81.9 Å². The topological polar surface area (TPSA) is 4.41 Å². The fourth-order valence-corrected chi connectivity index (χ4v) is 7.92. The second-order valence-corrected chi connectivity index (χ2v) is 11.8. The normalized spacial score (nSPS) is 14.8. The van der Waals surface area contributed by atoms with Gasteiger partial charge in [0.2, 0.25) is 0 Å². The molecule has 0 radical (unpaired) electrons. The first-order valence-electron chi connectivity index (χ1n) is 13.5. The van der Waals surface area contributed by atoms with Crippen molar-refractivity contribution in [2.75, 3.05) is 0 Å². The minimum Gasteiger partial charge on any atom is -0.307 e. The molecule has 3 heterocycles. The van der Waals surface area contributed by atoms with Gasteiger partial charge >= 0.3 is 0 Å². The van der Waals surface area contributed by atoms with Crippen LogP contribution in [0.4, 0.5) is 0 Å². The Morgan fingerprint density at radius 2 is 1.16 bits per heavy atom. The Morgan fingerprint density at radius 1 is 0.474 bits per heavy atom. The minimum atomic E-state index is -0.00558. The summed E-state index contributed by atoms with van der Waals surface area (Å²) in [6.45, 7) is 4.73. The molecule has 0 unspecified atom stereocenters. The summed E-state index contributed by atoms with van der Waals surface area (Å²) in [7, 11) is 0. The molecule has 0 saturated carbocycles. The van der Waals surface area contributed by atoms with Crippen molar-refractivity contribution in [3.63, 3.8) is 0 Å². The van der Waals surface area contributed by atoms with Crippen LogP contribution in [0.3, 0.4) is 0 Å². The SMILES string of the molecule is CC1(C)c2ccccc2-c2ccc(-c3cc4c5cccc6c7cc8ccccc8c8c(c3)c4n(c56)c78)cc21. The van der Waals surface area contributed by atoms with E-state index in [9.17, 15) is 0 Å². The van der Waals surface area contributed by atoms with E-state index >= 15 is 0 Å². The average molecular weight is 482 g/mol. The zero-order valence-corrected chi connectivity index (χ0v) is 21.3. The quantitative estimate of drug-likeness (QED) is 0.220. The van der Waals surface area contributed by atoms with Gasteiger partial charge in [0.1, 0.15) is 0 Å². The molecule has 1 nitrogen and oxygen atoms in total. The number of fused-ring (bicyclic) bond motifs is 8. The van der Waals surface area contributed by atoms with E-state index in [0.717, 1.165) is 0 Å². The van der Waals surface area contributed by atoms with Gasteiger partial charge in [-0.25, -0.2) is 0 Å². The first-order valence-corrected chi connectivity index (χ1v) is 13.5. The van der Waals surface area contributed by atoms with Gasteiger partial charge in [-0.2, -0.15) is 0 Å². The van der Waals surface area contributed by atoms with Gasteiger partial charge in [0.25, 0.3) is 0 Å². The third-order valence-corrected chi connectivity index (χ3v) is 9.61. The molecule has 176 valence electrons. The molecule has 0 saturated heterocycles. The van der Waals surface area contributed by atoms with E-state index in [1.807, 2.05) is 0 Å². The van der Waals surface area contributed by atoms with Crippen LogP contribution in [0.5, 0.6) is 0 Å². The molecule has 0 N–H and O–H groups in total. The molecule has 0 amide bonds. The van der Waals surface area contributed by atoms with Gasteiger partial charge in [0, 0.05) is 37.7 Å². The van der Waals surface area contributed by atoms with E-state index in [2.05, 4.69) is 121 Å². The predicted molar refractivity (Wildman–Crippen MR) is 161 cm³/mol. The summed E-state index contributed by atoms with van der Waals surface area (Å²) < 4.78 is 2.55. The summed E-state index contributed by atoms with van der Waals surface area (Å²) in [6, 6.07) is 39.1. The third-order valence-electron chi connectivity index (χ3n) is 9.61. The molecule has 38 heavy (non-hydrogen) atoms. The molecule has 9 aromatic rings. The van der Waals surface area contributed by atoms with Crippen LogP contribution in [0.1, 0.15) is 25.0 Å².